The highest BCUT2D eigenvalue weighted by Crippen LogP contribution is 2.19. The maximum Gasteiger partial charge on any atom is 0.121 e. The van der Waals surface area contributed by atoms with Gasteiger partial charge in [-0.05, 0) is 36.2 Å². The van der Waals surface area contributed by atoms with E-state index in [2.05, 4.69) is 18.3 Å². The molecule has 0 saturated carbocycles. The van der Waals surface area contributed by atoms with Crippen molar-refractivity contribution in [2.45, 2.75) is 19.9 Å². The van der Waals surface area contributed by atoms with Gasteiger partial charge in [0.15, 0.2) is 0 Å². The zero-order chi connectivity index (χ0) is 14.2. The minimum Gasteiger partial charge on any atom is -0.497 e. The number of rotatable bonds is 7. The Labute approximate surface area is 120 Å². The summed E-state index contributed by atoms with van der Waals surface area (Å²) in [6, 6.07) is 16.1. The second-order valence-electron chi connectivity index (χ2n) is 4.58. The van der Waals surface area contributed by atoms with Crippen LogP contribution in [0.4, 0.5) is 5.69 Å². The molecule has 0 amide bonds. The summed E-state index contributed by atoms with van der Waals surface area (Å²) in [5.74, 6) is 1.78. The highest BCUT2D eigenvalue weighted by Gasteiger charge is 1.98. The number of hydrogen-bond donors (Lipinski definition) is 1. The number of anilines is 1. The van der Waals surface area contributed by atoms with Gasteiger partial charge in [0.25, 0.3) is 0 Å². The van der Waals surface area contributed by atoms with E-state index < -0.39 is 0 Å². The van der Waals surface area contributed by atoms with Gasteiger partial charge in [0, 0.05) is 18.3 Å². The molecule has 3 nitrogen and oxygen atoms in total. The van der Waals surface area contributed by atoms with E-state index in [1.54, 1.807) is 7.11 Å². The van der Waals surface area contributed by atoms with Crippen LogP contribution in [0.3, 0.4) is 0 Å². The van der Waals surface area contributed by atoms with Crippen molar-refractivity contribution in [1.82, 2.24) is 0 Å². The summed E-state index contributed by atoms with van der Waals surface area (Å²) in [7, 11) is 1.68. The Morgan fingerprint density at radius 3 is 2.60 bits per heavy atom. The van der Waals surface area contributed by atoms with E-state index in [1.165, 1.54) is 5.56 Å². The van der Waals surface area contributed by atoms with Gasteiger partial charge >= 0.3 is 0 Å². The van der Waals surface area contributed by atoms with Crippen LogP contribution in [-0.2, 0) is 6.54 Å². The molecular formula is C17H21NO2. The third-order valence-corrected chi connectivity index (χ3v) is 2.94. The van der Waals surface area contributed by atoms with Gasteiger partial charge in [0.2, 0.25) is 0 Å². The summed E-state index contributed by atoms with van der Waals surface area (Å²) in [5.41, 5.74) is 2.24. The van der Waals surface area contributed by atoms with Gasteiger partial charge in [-0.1, -0.05) is 25.1 Å². The number of benzene rings is 2. The number of ether oxygens (including phenoxy) is 2. The molecule has 0 aliphatic heterocycles. The van der Waals surface area contributed by atoms with Crippen molar-refractivity contribution in [3.05, 3.63) is 54.1 Å². The summed E-state index contributed by atoms with van der Waals surface area (Å²) in [5, 5.41) is 3.39. The number of hydrogen-bond acceptors (Lipinski definition) is 3. The van der Waals surface area contributed by atoms with Gasteiger partial charge in [0.1, 0.15) is 11.5 Å². The molecule has 0 aromatic heterocycles. The van der Waals surface area contributed by atoms with Gasteiger partial charge in [-0.3, -0.25) is 0 Å². The predicted molar refractivity (Wildman–Crippen MR) is 82.5 cm³/mol. The van der Waals surface area contributed by atoms with Crippen LogP contribution >= 0.6 is 0 Å². The molecule has 20 heavy (non-hydrogen) atoms. The second kappa shape index (κ2) is 7.43. The SMILES string of the molecule is CCCOc1cccc(NCc2cccc(OC)c2)c1. The molecule has 0 bridgehead atoms. The van der Waals surface area contributed by atoms with E-state index >= 15 is 0 Å². The zero-order valence-corrected chi connectivity index (χ0v) is 12.1. The highest BCUT2D eigenvalue weighted by atomic mass is 16.5. The smallest absolute Gasteiger partial charge is 0.121 e. The lowest BCUT2D eigenvalue weighted by Gasteiger charge is -2.10. The van der Waals surface area contributed by atoms with Crippen molar-refractivity contribution in [1.29, 1.82) is 0 Å². The minimum atomic E-state index is 0.749. The average molecular weight is 271 g/mol. The van der Waals surface area contributed by atoms with Crippen LogP contribution in [0.1, 0.15) is 18.9 Å². The van der Waals surface area contributed by atoms with E-state index in [0.29, 0.717) is 0 Å². The highest BCUT2D eigenvalue weighted by molar-refractivity contribution is 5.48. The standard InChI is InChI=1S/C17H21NO2/c1-3-10-20-17-9-5-7-15(12-17)18-13-14-6-4-8-16(11-14)19-2/h4-9,11-12,18H,3,10,13H2,1-2H3. The summed E-state index contributed by atoms with van der Waals surface area (Å²) in [6.07, 6.45) is 1.02. The lowest BCUT2D eigenvalue weighted by molar-refractivity contribution is 0.317. The molecule has 0 saturated heterocycles. The maximum atomic E-state index is 5.62. The van der Waals surface area contributed by atoms with E-state index in [1.807, 2.05) is 42.5 Å². The Morgan fingerprint density at radius 2 is 1.80 bits per heavy atom. The van der Waals surface area contributed by atoms with Crippen LogP contribution < -0.4 is 14.8 Å². The predicted octanol–water partition coefficient (Wildman–Crippen LogP) is 4.10. The van der Waals surface area contributed by atoms with Gasteiger partial charge in [-0.2, -0.15) is 0 Å². The first-order valence-electron chi connectivity index (χ1n) is 6.91. The van der Waals surface area contributed by atoms with Crippen molar-refractivity contribution < 1.29 is 9.47 Å². The van der Waals surface area contributed by atoms with Crippen molar-refractivity contribution >= 4 is 5.69 Å². The van der Waals surface area contributed by atoms with Crippen molar-refractivity contribution in [3.63, 3.8) is 0 Å². The van der Waals surface area contributed by atoms with Crippen molar-refractivity contribution in [2.75, 3.05) is 19.0 Å². The molecule has 0 fully saturated rings. The molecule has 0 atom stereocenters. The summed E-state index contributed by atoms with van der Waals surface area (Å²) in [6.45, 7) is 3.61. The Bertz CT molecular complexity index is 540. The minimum absolute atomic E-state index is 0.749. The molecule has 0 radical (unpaired) electrons. The molecule has 2 aromatic rings. The summed E-state index contributed by atoms with van der Waals surface area (Å²) in [4.78, 5) is 0. The molecule has 0 unspecified atom stereocenters. The monoisotopic (exact) mass is 271 g/mol. The fourth-order valence-corrected chi connectivity index (χ4v) is 1.90. The molecule has 0 heterocycles. The van der Waals surface area contributed by atoms with Crippen molar-refractivity contribution in [3.8, 4) is 11.5 Å². The van der Waals surface area contributed by atoms with Crippen LogP contribution in [-0.4, -0.2) is 13.7 Å². The third-order valence-electron chi connectivity index (χ3n) is 2.94. The van der Waals surface area contributed by atoms with Crippen molar-refractivity contribution in [2.24, 2.45) is 0 Å². The Hall–Kier alpha value is -2.16. The summed E-state index contributed by atoms with van der Waals surface area (Å²) < 4.78 is 10.8. The molecule has 0 aliphatic carbocycles. The zero-order valence-electron chi connectivity index (χ0n) is 12.1. The topological polar surface area (TPSA) is 30.5 Å². The molecule has 2 rings (SSSR count). The van der Waals surface area contributed by atoms with Crippen LogP contribution in [0.15, 0.2) is 48.5 Å². The first kappa shape index (κ1) is 14.3. The molecule has 0 aliphatic rings. The fraction of sp³-hybridized carbons (Fsp3) is 0.294. The molecule has 2 aromatic carbocycles. The molecule has 106 valence electrons. The average Bonchev–Trinajstić information content (AvgIpc) is 2.51. The molecule has 1 N–H and O–H groups in total. The van der Waals surface area contributed by atoms with Gasteiger partial charge in [0.05, 0.1) is 13.7 Å². The largest absolute Gasteiger partial charge is 0.497 e. The number of methoxy groups -OCH3 is 1. The van der Waals surface area contributed by atoms with Crippen LogP contribution in [0, 0.1) is 0 Å². The van der Waals surface area contributed by atoms with Gasteiger partial charge in [-0.15, -0.1) is 0 Å². The normalized spacial score (nSPS) is 10.1. The lowest BCUT2D eigenvalue weighted by atomic mass is 10.2. The Balaban J connectivity index is 1.95. The maximum absolute atomic E-state index is 5.62. The second-order valence-corrected chi connectivity index (χ2v) is 4.58. The molecule has 3 heteroatoms. The Morgan fingerprint density at radius 1 is 1.00 bits per heavy atom. The number of nitrogens with one attached hydrogen (secondary N) is 1. The summed E-state index contributed by atoms with van der Waals surface area (Å²) >= 11 is 0. The van der Waals surface area contributed by atoms with Crippen LogP contribution in [0.2, 0.25) is 0 Å². The van der Waals surface area contributed by atoms with Gasteiger partial charge < -0.3 is 14.8 Å². The first-order chi connectivity index (χ1) is 9.81. The van der Waals surface area contributed by atoms with E-state index in [0.717, 1.165) is 36.8 Å². The molecular weight excluding hydrogens is 250 g/mol. The lowest BCUT2D eigenvalue weighted by Crippen LogP contribution is -2.00. The van der Waals surface area contributed by atoms with Crippen LogP contribution in [0.25, 0.3) is 0 Å². The van der Waals surface area contributed by atoms with Gasteiger partial charge in [-0.25, -0.2) is 0 Å². The quantitative estimate of drug-likeness (QED) is 0.822. The molecule has 0 spiro atoms. The first-order valence-corrected chi connectivity index (χ1v) is 6.91. The Kier molecular flexibility index (Phi) is 5.30. The van der Waals surface area contributed by atoms with E-state index in [-0.39, 0.29) is 0 Å². The van der Waals surface area contributed by atoms with Crippen LogP contribution in [0.5, 0.6) is 11.5 Å². The third kappa shape index (κ3) is 4.19. The van der Waals surface area contributed by atoms with E-state index in [9.17, 15) is 0 Å². The van der Waals surface area contributed by atoms with E-state index in [4.69, 9.17) is 9.47 Å². The fourth-order valence-electron chi connectivity index (χ4n) is 1.90.